The molecule has 25 heavy (non-hydrogen) atoms. The molecule has 144 valence electrons. The molecular formula is C22H38O2S. The first-order valence-electron chi connectivity index (χ1n) is 10.4. The largest absolute Gasteiger partial charge is 0.507 e. The number of thiol groups is 1. The highest BCUT2D eigenvalue weighted by Crippen LogP contribution is 2.38. The normalized spacial score (nSPS) is 11.2. The van der Waals surface area contributed by atoms with Gasteiger partial charge < -0.3 is 10.2 Å². The van der Waals surface area contributed by atoms with E-state index in [1.54, 1.807) is 0 Å². The van der Waals surface area contributed by atoms with Crippen LogP contribution < -0.4 is 0 Å². The summed E-state index contributed by atoms with van der Waals surface area (Å²) in [4.78, 5) is 0.327. The van der Waals surface area contributed by atoms with Gasteiger partial charge in [-0.2, -0.15) is 0 Å². The van der Waals surface area contributed by atoms with Crippen LogP contribution in [-0.2, 0) is 12.8 Å². The molecule has 0 spiro atoms. The minimum atomic E-state index is 0.105. The summed E-state index contributed by atoms with van der Waals surface area (Å²) >= 11 is 4.27. The van der Waals surface area contributed by atoms with Crippen LogP contribution in [0.1, 0.15) is 102 Å². The number of phenols is 2. The van der Waals surface area contributed by atoms with Crippen molar-refractivity contribution in [3.05, 3.63) is 17.2 Å². The Hall–Kier alpha value is -0.830. The Bertz CT molecular complexity index is 485. The molecule has 0 unspecified atom stereocenters. The zero-order valence-corrected chi connectivity index (χ0v) is 17.2. The number of unbranched alkanes of at least 4 members (excludes halogenated alkanes) is 10. The Kier molecular flexibility index (Phi) is 11.9. The third kappa shape index (κ3) is 8.40. The zero-order chi connectivity index (χ0) is 18.5. The van der Waals surface area contributed by atoms with E-state index < -0.39 is 0 Å². The number of hydrogen-bond acceptors (Lipinski definition) is 3. The molecule has 0 heterocycles. The maximum atomic E-state index is 10.4. The highest BCUT2D eigenvalue weighted by molar-refractivity contribution is 7.80. The average molecular weight is 367 g/mol. The topological polar surface area (TPSA) is 40.5 Å². The molecule has 2 N–H and O–H groups in total. The van der Waals surface area contributed by atoms with Gasteiger partial charge in [0.05, 0.1) is 4.90 Å². The van der Waals surface area contributed by atoms with Gasteiger partial charge in [-0.15, -0.1) is 12.6 Å². The lowest BCUT2D eigenvalue weighted by molar-refractivity contribution is 0.420. The molecule has 0 saturated heterocycles. The highest BCUT2D eigenvalue weighted by Gasteiger charge is 2.15. The van der Waals surface area contributed by atoms with Gasteiger partial charge in [-0.1, -0.05) is 78.1 Å². The lowest BCUT2D eigenvalue weighted by Crippen LogP contribution is -1.98. The monoisotopic (exact) mass is 366 g/mol. The fourth-order valence-corrected chi connectivity index (χ4v) is 3.62. The molecule has 0 aliphatic carbocycles. The first-order chi connectivity index (χ1) is 12.1. The maximum absolute atomic E-state index is 10.4. The van der Waals surface area contributed by atoms with Gasteiger partial charge in [-0.25, -0.2) is 0 Å². The molecule has 0 bridgehead atoms. The lowest BCUT2D eigenvalue weighted by Gasteiger charge is -2.15. The van der Waals surface area contributed by atoms with Crippen molar-refractivity contribution >= 4 is 12.6 Å². The molecule has 0 aliphatic heterocycles. The summed E-state index contributed by atoms with van der Waals surface area (Å²) in [7, 11) is 0. The Morgan fingerprint density at radius 3 is 1.76 bits per heavy atom. The van der Waals surface area contributed by atoms with Crippen molar-refractivity contribution in [2.24, 2.45) is 0 Å². The number of aromatic hydroxyl groups is 2. The second-order valence-corrected chi connectivity index (χ2v) is 7.71. The molecule has 0 amide bonds. The van der Waals surface area contributed by atoms with Crippen molar-refractivity contribution in [1.82, 2.24) is 0 Å². The highest BCUT2D eigenvalue weighted by atomic mass is 32.1. The molecule has 2 nitrogen and oxygen atoms in total. The van der Waals surface area contributed by atoms with Crippen LogP contribution in [0.5, 0.6) is 11.5 Å². The number of rotatable bonds is 14. The molecule has 3 heteroatoms. The molecule has 0 atom stereocenters. The van der Waals surface area contributed by atoms with E-state index >= 15 is 0 Å². The fourth-order valence-electron chi connectivity index (χ4n) is 3.42. The molecule has 1 rings (SSSR count). The standard InChI is InChI=1S/C22H38O2S/c1-3-5-7-9-11-13-15-18-17-20(23)22(25)21(24)19(18)16-14-12-10-8-6-4-2/h17,23-25H,3-16H2,1-2H3. The van der Waals surface area contributed by atoms with Gasteiger partial charge >= 0.3 is 0 Å². The smallest absolute Gasteiger partial charge is 0.136 e. The second kappa shape index (κ2) is 13.4. The summed E-state index contributed by atoms with van der Waals surface area (Å²) in [6.45, 7) is 4.47. The van der Waals surface area contributed by atoms with Crippen molar-refractivity contribution in [3.63, 3.8) is 0 Å². The van der Waals surface area contributed by atoms with Crippen LogP contribution in [0.3, 0.4) is 0 Å². The molecule has 0 aliphatic rings. The lowest BCUT2D eigenvalue weighted by atomic mass is 9.95. The van der Waals surface area contributed by atoms with Crippen LogP contribution in [0.15, 0.2) is 11.0 Å². The average Bonchev–Trinajstić information content (AvgIpc) is 2.61. The zero-order valence-electron chi connectivity index (χ0n) is 16.3. The van der Waals surface area contributed by atoms with E-state index in [0.717, 1.165) is 36.8 Å². The molecule has 1 aromatic carbocycles. The molecular weight excluding hydrogens is 328 g/mol. The Morgan fingerprint density at radius 1 is 0.720 bits per heavy atom. The van der Waals surface area contributed by atoms with E-state index in [2.05, 4.69) is 26.5 Å². The predicted octanol–water partition coefficient (Wildman–Crippen LogP) is 7.19. The van der Waals surface area contributed by atoms with E-state index in [1.165, 1.54) is 64.2 Å². The minimum Gasteiger partial charge on any atom is -0.507 e. The summed E-state index contributed by atoms with van der Waals surface area (Å²) in [5.74, 6) is 0.298. The molecule has 0 radical (unpaired) electrons. The van der Waals surface area contributed by atoms with Crippen molar-refractivity contribution < 1.29 is 10.2 Å². The second-order valence-electron chi connectivity index (χ2n) is 7.27. The Morgan fingerprint density at radius 2 is 1.20 bits per heavy atom. The van der Waals surface area contributed by atoms with Crippen molar-refractivity contribution in [1.29, 1.82) is 0 Å². The quantitative estimate of drug-likeness (QED) is 0.241. The van der Waals surface area contributed by atoms with Crippen LogP contribution in [0.2, 0.25) is 0 Å². The first kappa shape index (κ1) is 22.2. The van der Waals surface area contributed by atoms with E-state index in [-0.39, 0.29) is 11.5 Å². The maximum Gasteiger partial charge on any atom is 0.136 e. The summed E-state index contributed by atoms with van der Waals surface area (Å²) in [5.41, 5.74) is 2.11. The van der Waals surface area contributed by atoms with Gasteiger partial charge in [0.15, 0.2) is 0 Å². The SMILES string of the molecule is CCCCCCCCc1cc(O)c(S)c(O)c1CCCCCCCC. The molecule has 0 saturated carbocycles. The van der Waals surface area contributed by atoms with Gasteiger partial charge in [-0.3, -0.25) is 0 Å². The molecule has 0 aromatic heterocycles. The van der Waals surface area contributed by atoms with Crippen LogP contribution in [-0.4, -0.2) is 10.2 Å². The summed E-state index contributed by atoms with van der Waals surface area (Å²) in [6.07, 6.45) is 16.8. The first-order valence-corrected chi connectivity index (χ1v) is 10.8. The number of aryl methyl sites for hydroxylation is 1. The van der Waals surface area contributed by atoms with Crippen molar-refractivity contribution in [3.8, 4) is 11.5 Å². The summed E-state index contributed by atoms with van der Waals surface area (Å²) in [6, 6.07) is 1.82. The fraction of sp³-hybridized carbons (Fsp3) is 0.727. The summed E-state index contributed by atoms with van der Waals surface area (Å²) in [5, 5.41) is 20.4. The summed E-state index contributed by atoms with van der Waals surface area (Å²) < 4.78 is 0. The van der Waals surface area contributed by atoms with E-state index in [9.17, 15) is 10.2 Å². The van der Waals surface area contributed by atoms with Crippen LogP contribution in [0, 0.1) is 0 Å². The van der Waals surface area contributed by atoms with E-state index in [4.69, 9.17) is 0 Å². The Balaban J connectivity index is 2.56. The molecule has 0 fully saturated rings. The van der Waals surface area contributed by atoms with Crippen LogP contribution in [0.25, 0.3) is 0 Å². The van der Waals surface area contributed by atoms with Crippen molar-refractivity contribution in [2.75, 3.05) is 0 Å². The third-order valence-corrected chi connectivity index (χ3v) is 5.47. The van der Waals surface area contributed by atoms with Gasteiger partial charge in [0.25, 0.3) is 0 Å². The van der Waals surface area contributed by atoms with Gasteiger partial charge in [-0.05, 0) is 42.9 Å². The Labute approximate surface area is 160 Å². The minimum absolute atomic E-state index is 0.105. The van der Waals surface area contributed by atoms with Gasteiger partial charge in [0, 0.05) is 0 Å². The van der Waals surface area contributed by atoms with E-state index in [1.807, 2.05) is 6.07 Å². The van der Waals surface area contributed by atoms with Gasteiger partial charge in [0.1, 0.15) is 11.5 Å². The van der Waals surface area contributed by atoms with Crippen LogP contribution in [0.4, 0.5) is 0 Å². The van der Waals surface area contributed by atoms with Crippen molar-refractivity contribution in [2.45, 2.75) is 109 Å². The van der Waals surface area contributed by atoms with Gasteiger partial charge in [0.2, 0.25) is 0 Å². The number of benzene rings is 1. The predicted molar refractivity (Wildman–Crippen MR) is 111 cm³/mol. The third-order valence-electron chi connectivity index (χ3n) is 5.03. The number of hydrogen-bond donors (Lipinski definition) is 3. The molecule has 1 aromatic rings. The van der Waals surface area contributed by atoms with E-state index in [0.29, 0.717) is 4.90 Å². The van der Waals surface area contributed by atoms with Crippen LogP contribution >= 0.6 is 12.6 Å². The number of phenolic OH excluding ortho intramolecular Hbond substituents is 2.